The molecule has 0 radical (unpaired) electrons. The molecule has 2 N–H and O–H groups in total. The molecule has 0 saturated carbocycles. The Balaban J connectivity index is 1.45. The van der Waals surface area contributed by atoms with Crippen LogP contribution in [0.1, 0.15) is 16.1 Å². The van der Waals surface area contributed by atoms with Gasteiger partial charge in [-0.15, -0.1) is 10.2 Å². The molecule has 4 rings (SSSR count). The van der Waals surface area contributed by atoms with E-state index in [1.807, 2.05) is 49.4 Å². The number of amides is 1. The molecule has 0 spiro atoms. The highest BCUT2D eigenvalue weighted by Gasteiger charge is 2.15. The van der Waals surface area contributed by atoms with Crippen molar-refractivity contribution in [2.24, 2.45) is 0 Å². The molecule has 7 nitrogen and oxygen atoms in total. The van der Waals surface area contributed by atoms with Crippen LogP contribution in [0.25, 0.3) is 0 Å². The average Bonchev–Trinajstić information content (AvgIpc) is 2.77. The highest BCUT2D eigenvalue weighted by Crippen LogP contribution is 2.28. The van der Waals surface area contributed by atoms with Gasteiger partial charge in [-0.05, 0) is 43.3 Å². The summed E-state index contributed by atoms with van der Waals surface area (Å²) >= 11 is 0. The second-order valence-electron chi connectivity index (χ2n) is 6.87. The molecule has 1 fully saturated rings. The summed E-state index contributed by atoms with van der Waals surface area (Å²) < 4.78 is 5.44. The first-order valence-electron chi connectivity index (χ1n) is 9.59. The van der Waals surface area contributed by atoms with Gasteiger partial charge in [0.2, 0.25) is 0 Å². The molecule has 0 atom stereocenters. The van der Waals surface area contributed by atoms with E-state index in [9.17, 15) is 4.79 Å². The van der Waals surface area contributed by atoms with Crippen molar-refractivity contribution in [3.05, 3.63) is 71.9 Å². The zero-order valence-corrected chi connectivity index (χ0v) is 16.3. The van der Waals surface area contributed by atoms with Crippen molar-refractivity contribution < 1.29 is 9.53 Å². The molecule has 1 aliphatic rings. The molecule has 7 heteroatoms. The average molecular weight is 389 g/mol. The minimum Gasteiger partial charge on any atom is -0.378 e. The van der Waals surface area contributed by atoms with E-state index in [1.165, 1.54) is 0 Å². The van der Waals surface area contributed by atoms with E-state index < -0.39 is 0 Å². The summed E-state index contributed by atoms with van der Waals surface area (Å²) in [6, 6.07) is 19.1. The summed E-state index contributed by atoms with van der Waals surface area (Å²) in [7, 11) is 0. The zero-order valence-electron chi connectivity index (χ0n) is 16.3. The monoisotopic (exact) mass is 389 g/mol. The molecule has 29 heavy (non-hydrogen) atoms. The number of nitrogens with zero attached hydrogens (tertiary/aromatic N) is 3. The quantitative estimate of drug-likeness (QED) is 0.694. The number of hydrogen-bond acceptors (Lipinski definition) is 6. The molecule has 148 valence electrons. The van der Waals surface area contributed by atoms with E-state index in [0.29, 0.717) is 5.82 Å². The normalized spacial score (nSPS) is 13.8. The topological polar surface area (TPSA) is 79.4 Å². The van der Waals surface area contributed by atoms with Crippen LogP contribution < -0.4 is 15.5 Å². The molecule has 1 aromatic heterocycles. The second-order valence-corrected chi connectivity index (χ2v) is 6.87. The number of anilines is 4. The number of carbonyl (C=O) groups is 1. The fraction of sp³-hybridized carbons (Fsp3) is 0.227. The number of nitrogens with one attached hydrogen (secondary N) is 2. The van der Waals surface area contributed by atoms with Crippen LogP contribution in [-0.4, -0.2) is 42.4 Å². The van der Waals surface area contributed by atoms with Gasteiger partial charge in [-0.2, -0.15) is 0 Å². The van der Waals surface area contributed by atoms with E-state index >= 15 is 0 Å². The van der Waals surface area contributed by atoms with Crippen LogP contribution >= 0.6 is 0 Å². The Labute approximate surface area is 169 Å². The molecule has 0 aliphatic carbocycles. The van der Waals surface area contributed by atoms with Gasteiger partial charge in [-0.1, -0.05) is 29.8 Å². The number of para-hydroxylation sites is 2. The zero-order chi connectivity index (χ0) is 20.1. The molecular weight excluding hydrogens is 366 g/mol. The smallest absolute Gasteiger partial charge is 0.276 e. The first-order valence-corrected chi connectivity index (χ1v) is 9.59. The van der Waals surface area contributed by atoms with Crippen LogP contribution in [0.2, 0.25) is 0 Å². The molecule has 2 heterocycles. The van der Waals surface area contributed by atoms with E-state index in [2.05, 4.69) is 31.8 Å². The van der Waals surface area contributed by atoms with Gasteiger partial charge < -0.3 is 20.3 Å². The Hall–Kier alpha value is -3.45. The number of aromatic nitrogens is 2. The lowest BCUT2D eigenvalue weighted by atomic mass is 10.2. The second kappa shape index (κ2) is 8.70. The number of aryl methyl sites for hydroxylation is 1. The van der Waals surface area contributed by atoms with Crippen molar-refractivity contribution in [1.82, 2.24) is 10.2 Å². The van der Waals surface area contributed by atoms with E-state index in [-0.39, 0.29) is 11.6 Å². The van der Waals surface area contributed by atoms with Crippen molar-refractivity contribution in [1.29, 1.82) is 0 Å². The van der Waals surface area contributed by atoms with Crippen molar-refractivity contribution >= 4 is 28.8 Å². The third kappa shape index (κ3) is 4.70. The predicted octanol–water partition coefficient (Wildman–Crippen LogP) is 3.62. The Kier molecular flexibility index (Phi) is 5.67. The minimum atomic E-state index is -0.290. The molecule has 1 amide bonds. The maximum absolute atomic E-state index is 12.4. The van der Waals surface area contributed by atoms with Crippen LogP contribution in [0.4, 0.5) is 22.9 Å². The standard InChI is InChI=1S/C22H23N5O2/c1-16-6-8-17(9-7-16)23-22(28)19-10-11-21(26-25-19)24-18-4-2-3-5-20(18)27-12-14-29-15-13-27/h2-11H,12-15H2,1H3,(H,23,28)(H,24,26). The molecular formula is C22H23N5O2. The SMILES string of the molecule is Cc1ccc(NC(=O)c2ccc(Nc3ccccc3N3CCOCC3)nn2)cc1. The van der Waals surface area contributed by atoms with Crippen LogP contribution in [0, 0.1) is 6.92 Å². The van der Waals surface area contributed by atoms with Crippen LogP contribution in [0.15, 0.2) is 60.7 Å². The summed E-state index contributed by atoms with van der Waals surface area (Å²) in [4.78, 5) is 14.7. The number of benzene rings is 2. The number of morpholine rings is 1. The third-order valence-electron chi connectivity index (χ3n) is 4.73. The Bertz CT molecular complexity index is 967. The van der Waals surface area contributed by atoms with Crippen molar-refractivity contribution in [2.45, 2.75) is 6.92 Å². The number of rotatable bonds is 5. The summed E-state index contributed by atoms with van der Waals surface area (Å²) in [5, 5.41) is 14.4. The fourth-order valence-corrected chi connectivity index (χ4v) is 3.15. The molecule has 2 aromatic carbocycles. The van der Waals surface area contributed by atoms with Gasteiger partial charge in [-0.25, -0.2) is 0 Å². The molecule has 3 aromatic rings. The maximum atomic E-state index is 12.4. The lowest BCUT2D eigenvalue weighted by molar-refractivity contribution is 0.102. The molecule has 1 aliphatic heterocycles. The summed E-state index contributed by atoms with van der Waals surface area (Å²) in [6.45, 7) is 5.14. The van der Waals surface area contributed by atoms with E-state index in [4.69, 9.17) is 4.74 Å². The van der Waals surface area contributed by atoms with Crippen LogP contribution in [0.3, 0.4) is 0 Å². The van der Waals surface area contributed by atoms with E-state index in [0.717, 1.165) is 48.9 Å². The predicted molar refractivity (Wildman–Crippen MR) is 114 cm³/mol. The minimum absolute atomic E-state index is 0.262. The maximum Gasteiger partial charge on any atom is 0.276 e. The molecule has 0 bridgehead atoms. The first kappa shape index (κ1) is 18.9. The van der Waals surface area contributed by atoms with Crippen LogP contribution in [-0.2, 0) is 4.74 Å². The van der Waals surface area contributed by atoms with E-state index in [1.54, 1.807) is 12.1 Å². The van der Waals surface area contributed by atoms with Gasteiger partial charge in [0, 0.05) is 18.8 Å². The summed E-state index contributed by atoms with van der Waals surface area (Å²) in [5.41, 5.74) is 4.16. The number of carbonyl (C=O) groups excluding carboxylic acids is 1. The molecule has 1 saturated heterocycles. The Morgan fingerprint density at radius 2 is 1.72 bits per heavy atom. The highest BCUT2D eigenvalue weighted by molar-refractivity contribution is 6.02. The summed E-state index contributed by atoms with van der Waals surface area (Å²) in [5.74, 6) is 0.291. The van der Waals surface area contributed by atoms with Gasteiger partial charge in [0.25, 0.3) is 5.91 Å². The van der Waals surface area contributed by atoms with Crippen molar-refractivity contribution in [3.63, 3.8) is 0 Å². The van der Waals surface area contributed by atoms with Gasteiger partial charge in [0.05, 0.1) is 24.6 Å². The Morgan fingerprint density at radius 1 is 0.966 bits per heavy atom. The Morgan fingerprint density at radius 3 is 2.45 bits per heavy atom. The van der Waals surface area contributed by atoms with Crippen LogP contribution in [0.5, 0.6) is 0 Å². The fourth-order valence-electron chi connectivity index (χ4n) is 3.15. The lowest BCUT2D eigenvalue weighted by Crippen LogP contribution is -2.36. The summed E-state index contributed by atoms with van der Waals surface area (Å²) in [6.07, 6.45) is 0. The van der Waals surface area contributed by atoms with Gasteiger partial charge in [0.15, 0.2) is 11.5 Å². The van der Waals surface area contributed by atoms with Crippen molar-refractivity contribution in [3.8, 4) is 0 Å². The van der Waals surface area contributed by atoms with Gasteiger partial charge >= 0.3 is 0 Å². The number of ether oxygens (including phenoxy) is 1. The van der Waals surface area contributed by atoms with Gasteiger partial charge in [0.1, 0.15) is 0 Å². The largest absolute Gasteiger partial charge is 0.378 e. The van der Waals surface area contributed by atoms with Gasteiger partial charge in [-0.3, -0.25) is 4.79 Å². The third-order valence-corrected chi connectivity index (χ3v) is 4.73. The van der Waals surface area contributed by atoms with Crippen molar-refractivity contribution in [2.75, 3.05) is 41.8 Å². The highest BCUT2D eigenvalue weighted by atomic mass is 16.5. The lowest BCUT2D eigenvalue weighted by Gasteiger charge is -2.30. The first-order chi connectivity index (χ1) is 14.2. The number of hydrogen-bond donors (Lipinski definition) is 2. The molecule has 0 unspecified atom stereocenters.